The highest BCUT2D eigenvalue weighted by Gasteiger charge is 2.22. The lowest BCUT2D eigenvalue weighted by atomic mass is 9.98. The van der Waals surface area contributed by atoms with E-state index in [9.17, 15) is 0 Å². The fourth-order valence-corrected chi connectivity index (χ4v) is 2.63. The molecule has 0 saturated carbocycles. The highest BCUT2D eigenvalue weighted by Crippen LogP contribution is 2.22. The van der Waals surface area contributed by atoms with Crippen LogP contribution in [0.2, 0.25) is 0 Å². The Hall–Kier alpha value is -0.880. The SMILES string of the molecule is CCn1c(N2CCC(COC)CC2)n[nH]c1=S. The molecule has 2 heterocycles. The minimum Gasteiger partial charge on any atom is -0.384 e. The number of piperidine rings is 1. The number of methoxy groups -OCH3 is 1. The molecule has 0 amide bonds. The number of hydrogen-bond donors (Lipinski definition) is 1. The zero-order chi connectivity index (χ0) is 12.3. The maximum absolute atomic E-state index is 5.21. The van der Waals surface area contributed by atoms with Crippen molar-refractivity contribution in [3.8, 4) is 0 Å². The van der Waals surface area contributed by atoms with E-state index in [4.69, 9.17) is 17.0 Å². The number of H-pyrrole nitrogens is 1. The van der Waals surface area contributed by atoms with E-state index >= 15 is 0 Å². The Bertz CT molecular complexity index is 406. The van der Waals surface area contributed by atoms with Gasteiger partial charge >= 0.3 is 0 Å². The van der Waals surface area contributed by atoms with E-state index in [1.54, 1.807) is 7.11 Å². The predicted octanol–water partition coefficient (Wildman–Crippen LogP) is 1.82. The first-order valence-electron chi connectivity index (χ1n) is 6.15. The summed E-state index contributed by atoms with van der Waals surface area (Å²) in [5, 5.41) is 7.19. The molecule has 0 aromatic carbocycles. The molecule has 1 fully saturated rings. The van der Waals surface area contributed by atoms with Crippen molar-refractivity contribution in [2.24, 2.45) is 5.92 Å². The van der Waals surface area contributed by atoms with Crippen LogP contribution in [0.1, 0.15) is 19.8 Å². The minimum absolute atomic E-state index is 0.688. The summed E-state index contributed by atoms with van der Waals surface area (Å²) in [4.78, 5) is 2.31. The van der Waals surface area contributed by atoms with E-state index in [-0.39, 0.29) is 0 Å². The van der Waals surface area contributed by atoms with Crippen molar-refractivity contribution in [1.29, 1.82) is 0 Å². The van der Waals surface area contributed by atoms with Crippen LogP contribution < -0.4 is 4.90 Å². The van der Waals surface area contributed by atoms with Crippen molar-refractivity contribution < 1.29 is 4.74 Å². The van der Waals surface area contributed by atoms with Crippen LogP contribution >= 0.6 is 12.2 Å². The van der Waals surface area contributed by atoms with Crippen LogP contribution in [0.15, 0.2) is 0 Å². The van der Waals surface area contributed by atoms with E-state index in [0.717, 1.165) is 45.0 Å². The summed E-state index contributed by atoms with van der Waals surface area (Å²) in [5.74, 6) is 1.67. The lowest BCUT2D eigenvalue weighted by Gasteiger charge is -2.32. The summed E-state index contributed by atoms with van der Waals surface area (Å²) in [5.41, 5.74) is 0. The van der Waals surface area contributed by atoms with Crippen molar-refractivity contribution in [2.75, 3.05) is 31.7 Å². The third-order valence-corrected chi connectivity index (χ3v) is 3.67. The Labute approximate surface area is 107 Å². The molecule has 0 aliphatic carbocycles. The van der Waals surface area contributed by atoms with Crippen LogP contribution in [0.4, 0.5) is 5.95 Å². The predicted molar refractivity (Wildman–Crippen MR) is 69.9 cm³/mol. The van der Waals surface area contributed by atoms with Crippen LogP contribution in [0, 0.1) is 10.7 Å². The summed E-state index contributed by atoms with van der Waals surface area (Å²) < 4.78 is 7.97. The first-order valence-corrected chi connectivity index (χ1v) is 6.56. The van der Waals surface area contributed by atoms with Gasteiger partial charge in [-0.05, 0) is 37.9 Å². The van der Waals surface area contributed by atoms with Crippen LogP contribution in [0.5, 0.6) is 0 Å². The molecule has 0 unspecified atom stereocenters. The Morgan fingerprint density at radius 2 is 2.18 bits per heavy atom. The normalized spacial score (nSPS) is 17.6. The van der Waals surface area contributed by atoms with E-state index in [2.05, 4.69) is 22.0 Å². The van der Waals surface area contributed by atoms with Crippen molar-refractivity contribution in [2.45, 2.75) is 26.3 Å². The summed E-state index contributed by atoms with van der Waals surface area (Å²) in [6.07, 6.45) is 2.33. The van der Waals surface area contributed by atoms with Gasteiger partial charge in [0, 0.05) is 33.4 Å². The number of nitrogens with one attached hydrogen (secondary N) is 1. The fraction of sp³-hybridized carbons (Fsp3) is 0.818. The molecule has 1 aromatic rings. The summed E-state index contributed by atoms with van der Waals surface area (Å²) in [6.45, 7) is 5.89. The molecular formula is C11H20N4OS. The van der Waals surface area contributed by atoms with Crippen LogP contribution in [-0.4, -0.2) is 41.6 Å². The average molecular weight is 256 g/mol. The molecule has 1 aliphatic rings. The number of rotatable bonds is 4. The molecule has 0 bridgehead atoms. The molecule has 0 radical (unpaired) electrons. The molecule has 96 valence electrons. The van der Waals surface area contributed by atoms with Gasteiger partial charge in [0.15, 0.2) is 4.77 Å². The largest absolute Gasteiger partial charge is 0.384 e. The number of ether oxygens (including phenoxy) is 1. The van der Waals surface area contributed by atoms with Gasteiger partial charge in [-0.15, -0.1) is 5.10 Å². The van der Waals surface area contributed by atoms with Gasteiger partial charge in [0.1, 0.15) is 0 Å². The Balaban J connectivity index is 2.03. The number of aromatic amines is 1. The van der Waals surface area contributed by atoms with Crippen molar-refractivity contribution in [3.63, 3.8) is 0 Å². The molecule has 2 rings (SSSR count). The molecule has 6 heteroatoms. The van der Waals surface area contributed by atoms with Gasteiger partial charge in [0.25, 0.3) is 0 Å². The molecule has 17 heavy (non-hydrogen) atoms. The molecule has 0 atom stereocenters. The third kappa shape index (κ3) is 2.69. The second kappa shape index (κ2) is 5.64. The van der Waals surface area contributed by atoms with Crippen LogP contribution in [0.3, 0.4) is 0 Å². The summed E-state index contributed by atoms with van der Waals surface area (Å²) in [6, 6.07) is 0. The van der Waals surface area contributed by atoms with E-state index in [1.807, 2.05) is 4.57 Å². The zero-order valence-electron chi connectivity index (χ0n) is 10.5. The molecule has 0 spiro atoms. The molecule has 1 N–H and O–H groups in total. The van der Waals surface area contributed by atoms with E-state index in [1.165, 1.54) is 0 Å². The maximum atomic E-state index is 5.21. The lowest BCUT2D eigenvalue weighted by Crippen LogP contribution is -2.36. The number of hydrogen-bond acceptors (Lipinski definition) is 4. The molecule has 1 aromatic heterocycles. The van der Waals surface area contributed by atoms with Gasteiger partial charge in [0.2, 0.25) is 5.95 Å². The number of anilines is 1. The first-order chi connectivity index (χ1) is 8.26. The van der Waals surface area contributed by atoms with E-state index < -0.39 is 0 Å². The van der Waals surface area contributed by atoms with Gasteiger partial charge < -0.3 is 9.64 Å². The highest BCUT2D eigenvalue weighted by atomic mass is 32.1. The van der Waals surface area contributed by atoms with Crippen molar-refractivity contribution in [1.82, 2.24) is 14.8 Å². The smallest absolute Gasteiger partial charge is 0.225 e. The lowest BCUT2D eigenvalue weighted by molar-refractivity contribution is 0.138. The quantitative estimate of drug-likeness (QED) is 0.835. The van der Waals surface area contributed by atoms with Gasteiger partial charge in [0.05, 0.1) is 0 Å². The first kappa shape index (κ1) is 12.6. The average Bonchev–Trinajstić information content (AvgIpc) is 2.72. The molecule has 1 saturated heterocycles. The molecule has 5 nitrogen and oxygen atoms in total. The Kier molecular flexibility index (Phi) is 4.17. The van der Waals surface area contributed by atoms with Crippen molar-refractivity contribution in [3.05, 3.63) is 4.77 Å². The monoisotopic (exact) mass is 256 g/mol. The van der Waals surface area contributed by atoms with Crippen molar-refractivity contribution >= 4 is 18.2 Å². The van der Waals surface area contributed by atoms with Gasteiger partial charge in [-0.25, -0.2) is 5.10 Å². The highest BCUT2D eigenvalue weighted by molar-refractivity contribution is 7.71. The number of nitrogens with zero attached hydrogens (tertiary/aromatic N) is 3. The third-order valence-electron chi connectivity index (χ3n) is 3.35. The fourth-order valence-electron chi connectivity index (χ4n) is 2.37. The maximum Gasteiger partial charge on any atom is 0.225 e. The Morgan fingerprint density at radius 1 is 1.47 bits per heavy atom. The Morgan fingerprint density at radius 3 is 2.76 bits per heavy atom. The minimum atomic E-state index is 0.688. The summed E-state index contributed by atoms with van der Waals surface area (Å²) in [7, 11) is 1.77. The molecular weight excluding hydrogens is 236 g/mol. The second-order valence-corrected chi connectivity index (χ2v) is 4.85. The summed E-state index contributed by atoms with van der Waals surface area (Å²) >= 11 is 5.20. The van der Waals surface area contributed by atoms with E-state index in [0.29, 0.717) is 10.7 Å². The topological polar surface area (TPSA) is 46.1 Å². The molecule has 1 aliphatic heterocycles. The van der Waals surface area contributed by atoms with Gasteiger partial charge in [-0.1, -0.05) is 0 Å². The van der Waals surface area contributed by atoms with Crippen LogP contribution in [0.25, 0.3) is 0 Å². The van der Waals surface area contributed by atoms with Crippen LogP contribution in [-0.2, 0) is 11.3 Å². The second-order valence-electron chi connectivity index (χ2n) is 4.46. The standard InChI is InChI=1S/C11H20N4OS/c1-3-15-10(12-13-11(15)17)14-6-4-9(5-7-14)8-16-2/h9H,3-8H2,1-2H3,(H,13,17). The van der Waals surface area contributed by atoms with Gasteiger partial charge in [-0.2, -0.15) is 0 Å². The zero-order valence-corrected chi connectivity index (χ0v) is 11.3. The van der Waals surface area contributed by atoms with Gasteiger partial charge in [-0.3, -0.25) is 4.57 Å². The number of aromatic nitrogens is 3.